The van der Waals surface area contributed by atoms with Gasteiger partial charge in [0.1, 0.15) is 22.4 Å². The number of rotatable bonds is 8. The topological polar surface area (TPSA) is 47.6 Å². The summed E-state index contributed by atoms with van der Waals surface area (Å²) < 4.78 is 12.3. The zero-order chi connectivity index (χ0) is 19.9. The van der Waals surface area contributed by atoms with Crippen LogP contribution in [0.15, 0.2) is 53.4 Å². The fourth-order valence-corrected chi connectivity index (χ4v) is 3.76. The number of carbonyl (C=O) groups is 1. The molecule has 1 fully saturated rings. The zero-order valence-electron chi connectivity index (χ0n) is 15.9. The van der Waals surface area contributed by atoms with Crippen LogP contribution in [0.2, 0.25) is 0 Å². The first-order valence-corrected chi connectivity index (χ1v) is 10.5. The maximum atomic E-state index is 11.7. The molecule has 0 atom stereocenters. The third-order valence-corrected chi connectivity index (χ3v) is 5.52. The molecule has 0 spiro atoms. The number of hydrogen-bond donors (Lipinski definition) is 1. The van der Waals surface area contributed by atoms with Crippen molar-refractivity contribution in [1.29, 1.82) is 0 Å². The standard InChI is InChI=1S/C22H23NO3S2/c1-3-17(4-2)26-19-11-7-16(8-12-19)14-25-18-9-5-15(6-10-18)13-20-21(24)23-22(27)28-20/h5-13,17H,3-4,14H2,1-2H3,(H,23,24,27). The Morgan fingerprint density at radius 2 is 1.68 bits per heavy atom. The summed E-state index contributed by atoms with van der Waals surface area (Å²) >= 11 is 6.27. The van der Waals surface area contributed by atoms with E-state index in [9.17, 15) is 4.79 Å². The van der Waals surface area contributed by atoms with E-state index in [0.29, 0.717) is 15.8 Å². The van der Waals surface area contributed by atoms with Crippen molar-refractivity contribution in [2.24, 2.45) is 0 Å². The quantitative estimate of drug-likeness (QED) is 0.469. The van der Waals surface area contributed by atoms with Gasteiger partial charge in [0.15, 0.2) is 0 Å². The predicted octanol–water partition coefficient (Wildman–Crippen LogP) is 5.32. The first kappa shape index (κ1) is 20.4. The summed E-state index contributed by atoms with van der Waals surface area (Å²) in [4.78, 5) is 12.3. The van der Waals surface area contributed by atoms with Crippen LogP contribution in [0.25, 0.3) is 6.08 Å². The third kappa shape index (κ3) is 5.59. The first-order chi connectivity index (χ1) is 13.6. The van der Waals surface area contributed by atoms with Gasteiger partial charge in [-0.25, -0.2) is 0 Å². The molecule has 3 rings (SSSR count). The summed E-state index contributed by atoms with van der Waals surface area (Å²) in [5.41, 5.74) is 2.01. The van der Waals surface area contributed by atoms with Gasteiger partial charge in [0.25, 0.3) is 5.91 Å². The lowest BCUT2D eigenvalue weighted by molar-refractivity contribution is -0.115. The van der Waals surface area contributed by atoms with E-state index >= 15 is 0 Å². The molecule has 1 saturated heterocycles. The first-order valence-electron chi connectivity index (χ1n) is 9.30. The second kappa shape index (κ2) is 9.75. The van der Waals surface area contributed by atoms with E-state index in [-0.39, 0.29) is 12.0 Å². The van der Waals surface area contributed by atoms with E-state index in [1.54, 1.807) is 0 Å². The summed E-state index contributed by atoms with van der Waals surface area (Å²) in [6, 6.07) is 15.7. The average molecular weight is 414 g/mol. The van der Waals surface area contributed by atoms with Gasteiger partial charge >= 0.3 is 0 Å². The van der Waals surface area contributed by atoms with Crippen LogP contribution in [0.4, 0.5) is 0 Å². The van der Waals surface area contributed by atoms with Crippen LogP contribution in [-0.4, -0.2) is 16.3 Å². The lowest BCUT2D eigenvalue weighted by Crippen LogP contribution is -2.17. The highest BCUT2D eigenvalue weighted by molar-refractivity contribution is 8.26. The predicted molar refractivity (Wildman–Crippen MR) is 119 cm³/mol. The lowest BCUT2D eigenvalue weighted by Gasteiger charge is -2.15. The normalized spacial score (nSPS) is 15.2. The molecule has 0 aliphatic carbocycles. The molecule has 1 N–H and O–H groups in total. The van der Waals surface area contributed by atoms with Crippen molar-refractivity contribution in [3.8, 4) is 11.5 Å². The highest BCUT2D eigenvalue weighted by Gasteiger charge is 2.21. The van der Waals surface area contributed by atoms with Crippen LogP contribution in [0.3, 0.4) is 0 Å². The van der Waals surface area contributed by atoms with E-state index in [1.807, 2.05) is 54.6 Å². The minimum Gasteiger partial charge on any atom is -0.490 e. The second-order valence-electron chi connectivity index (χ2n) is 6.41. The van der Waals surface area contributed by atoms with Crippen LogP contribution >= 0.6 is 24.0 Å². The number of hydrogen-bond acceptors (Lipinski definition) is 5. The number of thiocarbonyl (C=S) groups is 1. The molecule has 1 heterocycles. The Labute approximate surface area is 175 Å². The maximum absolute atomic E-state index is 11.7. The fraction of sp³-hybridized carbons (Fsp3) is 0.273. The van der Waals surface area contributed by atoms with Crippen molar-refractivity contribution < 1.29 is 14.3 Å². The molecule has 0 unspecified atom stereocenters. The van der Waals surface area contributed by atoms with Crippen molar-refractivity contribution in [2.45, 2.75) is 39.4 Å². The maximum Gasteiger partial charge on any atom is 0.263 e. The summed E-state index contributed by atoms with van der Waals surface area (Å²) in [6.45, 7) is 4.75. The van der Waals surface area contributed by atoms with Gasteiger partial charge in [-0.15, -0.1) is 0 Å². The van der Waals surface area contributed by atoms with Crippen molar-refractivity contribution in [1.82, 2.24) is 5.32 Å². The Hall–Kier alpha value is -2.31. The van der Waals surface area contributed by atoms with Crippen LogP contribution < -0.4 is 14.8 Å². The van der Waals surface area contributed by atoms with Gasteiger partial charge in [0.2, 0.25) is 0 Å². The lowest BCUT2D eigenvalue weighted by atomic mass is 10.2. The monoisotopic (exact) mass is 413 g/mol. The van der Waals surface area contributed by atoms with Gasteiger partial charge in [0.05, 0.1) is 11.0 Å². The number of nitrogens with one attached hydrogen (secondary N) is 1. The molecule has 0 bridgehead atoms. The van der Waals surface area contributed by atoms with Crippen molar-refractivity contribution in [2.75, 3.05) is 0 Å². The highest BCUT2D eigenvalue weighted by Crippen LogP contribution is 2.26. The number of thioether (sulfide) groups is 1. The van der Waals surface area contributed by atoms with Crippen molar-refractivity contribution in [3.63, 3.8) is 0 Å². The Balaban J connectivity index is 1.54. The van der Waals surface area contributed by atoms with Gasteiger partial charge in [0, 0.05) is 0 Å². The largest absolute Gasteiger partial charge is 0.490 e. The molecule has 0 radical (unpaired) electrons. The molecule has 28 heavy (non-hydrogen) atoms. The van der Waals surface area contributed by atoms with Crippen LogP contribution in [-0.2, 0) is 11.4 Å². The van der Waals surface area contributed by atoms with Crippen LogP contribution in [0.1, 0.15) is 37.8 Å². The summed E-state index contributed by atoms with van der Waals surface area (Å²) in [5.74, 6) is 1.52. The molecular weight excluding hydrogens is 390 g/mol. The van der Waals surface area contributed by atoms with Gasteiger partial charge in [-0.1, -0.05) is 62.1 Å². The van der Waals surface area contributed by atoms with E-state index in [1.165, 1.54) is 11.8 Å². The van der Waals surface area contributed by atoms with E-state index in [2.05, 4.69) is 19.2 Å². The Bertz CT molecular complexity index is 856. The molecule has 1 aliphatic rings. The Morgan fingerprint density at radius 1 is 1.04 bits per heavy atom. The van der Waals surface area contributed by atoms with Gasteiger partial charge in [-0.05, 0) is 54.3 Å². The number of carbonyl (C=O) groups excluding carboxylic acids is 1. The van der Waals surface area contributed by atoms with Crippen molar-refractivity contribution >= 4 is 40.3 Å². The summed E-state index contributed by atoms with van der Waals surface area (Å²) in [7, 11) is 0. The smallest absolute Gasteiger partial charge is 0.263 e. The minimum absolute atomic E-state index is 0.146. The SMILES string of the molecule is CCC(CC)Oc1ccc(COc2ccc(C=C3SC(=S)NC3=O)cc2)cc1. The molecule has 1 aliphatic heterocycles. The summed E-state index contributed by atoms with van der Waals surface area (Å²) in [5, 5.41) is 2.61. The Morgan fingerprint density at radius 3 is 2.25 bits per heavy atom. The molecule has 0 saturated carbocycles. The van der Waals surface area contributed by atoms with Crippen molar-refractivity contribution in [3.05, 3.63) is 64.6 Å². The molecular formula is C22H23NO3S2. The highest BCUT2D eigenvalue weighted by atomic mass is 32.2. The van der Waals surface area contributed by atoms with E-state index < -0.39 is 0 Å². The molecule has 4 nitrogen and oxygen atoms in total. The van der Waals surface area contributed by atoms with Crippen LogP contribution in [0.5, 0.6) is 11.5 Å². The molecule has 2 aromatic rings. The third-order valence-electron chi connectivity index (χ3n) is 4.36. The summed E-state index contributed by atoms with van der Waals surface area (Å²) in [6.07, 6.45) is 4.09. The molecule has 6 heteroatoms. The number of benzene rings is 2. The number of amides is 1. The molecule has 1 amide bonds. The second-order valence-corrected chi connectivity index (χ2v) is 8.13. The fourth-order valence-electron chi connectivity index (χ4n) is 2.71. The van der Waals surface area contributed by atoms with Gasteiger partial charge in [-0.3, -0.25) is 4.79 Å². The van der Waals surface area contributed by atoms with Gasteiger partial charge < -0.3 is 14.8 Å². The van der Waals surface area contributed by atoms with E-state index in [4.69, 9.17) is 21.7 Å². The van der Waals surface area contributed by atoms with Gasteiger partial charge in [-0.2, -0.15) is 0 Å². The number of ether oxygens (including phenoxy) is 2. The average Bonchev–Trinajstić information content (AvgIpc) is 3.03. The molecule has 2 aromatic carbocycles. The molecule has 146 valence electrons. The zero-order valence-corrected chi connectivity index (χ0v) is 17.6. The van der Waals surface area contributed by atoms with E-state index in [0.717, 1.165) is 35.5 Å². The molecule has 0 aromatic heterocycles. The Kier molecular flexibility index (Phi) is 7.12. The minimum atomic E-state index is -0.146. The van der Waals surface area contributed by atoms with Crippen LogP contribution in [0, 0.1) is 0 Å².